The SMILES string of the molecule is C=CCN(C(=O)Cn1cnc2sc(C)c(C)c2c1=O)c1nc2c(s1)CCCC2. The molecule has 0 atom stereocenters. The Bertz CT molecular complexity index is 1100. The number of nitrogens with zero attached hydrogens (tertiary/aromatic N) is 4. The summed E-state index contributed by atoms with van der Waals surface area (Å²) in [7, 11) is 0. The Labute approximate surface area is 171 Å². The van der Waals surface area contributed by atoms with Crippen LogP contribution in [-0.4, -0.2) is 27.0 Å². The molecule has 0 aliphatic heterocycles. The molecule has 1 aliphatic carbocycles. The molecule has 0 aromatic carbocycles. The van der Waals surface area contributed by atoms with E-state index in [0.717, 1.165) is 40.2 Å². The van der Waals surface area contributed by atoms with Crippen LogP contribution < -0.4 is 10.5 Å². The van der Waals surface area contributed by atoms with Crippen LogP contribution in [0, 0.1) is 13.8 Å². The first-order valence-corrected chi connectivity index (χ1v) is 11.0. The standard InChI is InChI=1S/C20H22N4O2S2/c1-4-9-24(20-22-14-7-5-6-8-15(14)28-20)16(25)10-23-11-21-18-17(19(23)26)12(2)13(3)27-18/h4,11H,1,5-10H2,2-3H3. The van der Waals surface area contributed by atoms with Crippen LogP contribution in [0.1, 0.15) is 33.9 Å². The maximum absolute atomic E-state index is 13.1. The molecule has 0 fully saturated rings. The fraction of sp³-hybridized carbons (Fsp3) is 0.400. The van der Waals surface area contributed by atoms with E-state index in [9.17, 15) is 9.59 Å². The zero-order valence-electron chi connectivity index (χ0n) is 16.0. The average Bonchev–Trinajstić information content (AvgIpc) is 3.23. The van der Waals surface area contributed by atoms with E-state index >= 15 is 0 Å². The predicted molar refractivity (Wildman–Crippen MR) is 115 cm³/mol. The third-order valence-electron chi connectivity index (χ3n) is 5.14. The van der Waals surface area contributed by atoms with Crippen LogP contribution in [0.25, 0.3) is 10.2 Å². The molecule has 0 saturated heterocycles. The van der Waals surface area contributed by atoms with Crippen molar-refractivity contribution in [3.63, 3.8) is 0 Å². The number of rotatable bonds is 5. The minimum absolute atomic E-state index is 0.0613. The van der Waals surface area contributed by atoms with Crippen molar-refractivity contribution >= 4 is 43.9 Å². The van der Waals surface area contributed by atoms with Crippen LogP contribution in [0.2, 0.25) is 0 Å². The minimum Gasteiger partial charge on any atom is -0.289 e. The Morgan fingerprint density at radius 2 is 2.11 bits per heavy atom. The Morgan fingerprint density at radius 1 is 1.32 bits per heavy atom. The summed E-state index contributed by atoms with van der Waals surface area (Å²) in [6.45, 7) is 7.98. The van der Waals surface area contributed by atoms with E-state index in [-0.39, 0.29) is 18.0 Å². The third-order valence-corrected chi connectivity index (χ3v) is 7.44. The largest absolute Gasteiger partial charge is 0.289 e. The van der Waals surface area contributed by atoms with E-state index < -0.39 is 0 Å². The highest BCUT2D eigenvalue weighted by Crippen LogP contribution is 2.32. The summed E-state index contributed by atoms with van der Waals surface area (Å²) in [5.41, 5.74) is 1.88. The van der Waals surface area contributed by atoms with Crippen LogP contribution in [0.4, 0.5) is 5.13 Å². The number of thiophene rings is 1. The van der Waals surface area contributed by atoms with Gasteiger partial charge in [0.25, 0.3) is 5.56 Å². The Kier molecular flexibility index (Phi) is 5.16. The summed E-state index contributed by atoms with van der Waals surface area (Å²) in [6.07, 6.45) is 7.47. The van der Waals surface area contributed by atoms with E-state index in [2.05, 4.69) is 11.6 Å². The number of hydrogen-bond donors (Lipinski definition) is 0. The Morgan fingerprint density at radius 3 is 2.86 bits per heavy atom. The van der Waals surface area contributed by atoms with Gasteiger partial charge in [-0.05, 0) is 45.1 Å². The lowest BCUT2D eigenvalue weighted by molar-refractivity contribution is -0.119. The highest BCUT2D eigenvalue weighted by molar-refractivity contribution is 7.18. The lowest BCUT2D eigenvalue weighted by Gasteiger charge is -2.18. The van der Waals surface area contributed by atoms with E-state index in [0.29, 0.717) is 17.1 Å². The van der Waals surface area contributed by atoms with Gasteiger partial charge in [0, 0.05) is 16.3 Å². The lowest BCUT2D eigenvalue weighted by atomic mass is 10.0. The van der Waals surface area contributed by atoms with Crippen molar-refractivity contribution in [1.82, 2.24) is 14.5 Å². The second-order valence-corrected chi connectivity index (χ2v) is 9.27. The van der Waals surface area contributed by atoms with Gasteiger partial charge in [-0.3, -0.25) is 19.1 Å². The molecule has 8 heteroatoms. The maximum atomic E-state index is 13.1. The molecule has 6 nitrogen and oxygen atoms in total. The quantitative estimate of drug-likeness (QED) is 0.598. The fourth-order valence-electron chi connectivity index (χ4n) is 3.48. The topological polar surface area (TPSA) is 68.1 Å². The van der Waals surface area contributed by atoms with Gasteiger partial charge in [0.05, 0.1) is 17.4 Å². The predicted octanol–water partition coefficient (Wildman–Crippen LogP) is 3.63. The molecule has 3 aromatic rings. The zero-order valence-corrected chi connectivity index (χ0v) is 17.7. The summed E-state index contributed by atoms with van der Waals surface area (Å²) in [5.74, 6) is -0.182. The van der Waals surface area contributed by atoms with Crippen molar-refractivity contribution in [2.45, 2.75) is 46.1 Å². The number of carbonyl (C=O) groups excluding carboxylic acids is 1. The number of hydrogen-bond acceptors (Lipinski definition) is 6. The highest BCUT2D eigenvalue weighted by atomic mass is 32.1. The number of anilines is 1. The molecule has 0 bridgehead atoms. The van der Waals surface area contributed by atoms with Gasteiger partial charge < -0.3 is 0 Å². The summed E-state index contributed by atoms with van der Waals surface area (Å²) < 4.78 is 1.40. The summed E-state index contributed by atoms with van der Waals surface area (Å²) in [6, 6.07) is 0. The maximum Gasteiger partial charge on any atom is 0.262 e. The Hall–Kier alpha value is -2.32. The molecule has 1 aliphatic rings. The number of aryl methyl sites for hydroxylation is 4. The van der Waals surface area contributed by atoms with Crippen molar-refractivity contribution in [2.75, 3.05) is 11.4 Å². The van der Waals surface area contributed by atoms with Crippen molar-refractivity contribution < 1.29 is 4.79 Å². The summed E-state index contributed by atoms with van der Waals surface area (Å²) in [5, 5.41) is 1.30. The van der Waals surface area contributed by atoms with E-state index in [1.54, 1.807) is 22.3 Å². The first-order valence-electron chi connectivity index (χ1n) is 9.34. The van der Waals surface area contributed by atoms with Gasteiger partial charge in [0.15, 0.2) is 5.13 Å². The second-order valence-electron chi connectivity index (χ2n) is 7.01. The molecule has 28 heavy (non-hydrogen) atoms. The van der Waals surface area contributed by atoms with Crippen LogP contribution >= 0.6 is 22.7 Å². The number of aromatic nitrogens is 3. The number of fused-ring (bicyclic) bond motifs is 2. The molecule has 0 radical (unpaired) electrons. The molecule has 0 spiro atoms. The van der Waals surface area contributed by atoms with E-state index in [1.165, 1.54) is 33.5 Å². The molecular weight excluding hydrogens is 392 g/mol. The van der Waals surface area contributed by atoms with Gasteiger partial charge in [-0.15, -0.1) is 29.3 Å². The second kappa shape index (κ2) is 7.60. The zero-order chi connectivity index (χ0) is 19.8. The van der Waals surface area contributed by atoms with Crippen molar-refractivity contribution in [3.8, 4) is 0 Å². The van der Waals surface area contributed by atoms with Crippen molar-refractivity contribution in [2.24, 2.45) is 0 Å². The molecule has 0 unspecified atom stereocenters. The number of carbonyl (C=O) groups is 1. The number of amides is 1. The van der Waals surface area contributed by atoms with Gasteiger partial charge >= 0.3 is 0 Å². The van der Waals surface area contributed by atoms with E-state index in [1.807, 2.05) is 13.8 Å². The molecule has 0 saturated carbocycles. The average molecular weight is 415 g/mol. The van der Waals surface area contributed by atoms with Gasteiger partial charge in [0.1, 0.15) is 11.4 Å². The monoisotopic (exact) mass is 414 g/mol. The number of thiazole rings is 1. The summed E-state index contributed by atoms with van der Waals surface area (Å²) >= 11 is 3.09. The van der Waals surface area contributed by atoms with Gasteiger partial charge in [-0.2, -0.15) is 0 Å². The molecule has 3 aromatic heterocycles. The van der Waals surface area contributed by atoms with Crippen molar-refractivity contribution in [1.29, 1.82) is 0 Å². The molecule has 3 heterocycles. The van der Waals surface area contributed by atoms with Gasteiger partial charge in [0.2, 0.25) is 5.91 Å². The smallest absolute Gasteiger partial charge is 0.262 e. The lowest BCUT2D eigenvalue weighted by Crippen LogP contribution is -2.36. The van der Waals surface area contributed by atoms with Crippen LogP contribution in [0.3, 0.4) is 0 Å². The van der Waals surface area contributed by atoms with Crippen LogP contribution in [-0.2, 0) is 24.2 Å². The molecule has 0 N–H and O–H groups in total. The first-order chi connectivity index (χ1) is 13.5. The normalized spacial score (nSPS) is 13.5. The third kappa shape index (κ3) is 3.31. The molecule has 1 amide bonds. The fourth-order valence-corrected chi connectivity index (χ4v) is 5.65. The molecule has 146 valence electrons. The summed E-state index contributed by atoms with van der Waals surface area (Å²) in [4.78, 5) is 39.7. The van der Waals surface area contributed by atoms with Gasteiger partial charge in [-0.25, -0.2) is 9.97 Å². The van der Waals surface area contributed by atoms with Crippen molar-refractivity contribution in [3.05, 3.63) is 50.3 Å². The van der Waals surface area contributed by atoms with E-state index in [4.69, 9.17) is 4.98 Å². The van der Waals surface area contributed by atoms with Gasteiger partial charge in [-0.1, -0.05) is 6.08 Å². The first kappa shape index (κ1) is 19.0. The van der Waals surface area contributed by atoms with Crippen LogP contribution in [0.5, 0.6) is 0 Å². The van der Waals surface area contributed by atoms with Crippen LogP contribution in [0.15, 0.2) is 23.8 Å². The highest BCUT2D eigenvalue weighted by Gasteiger charge is 2.23. The molecular formula is C20H22N4O2S2. The Balaban J connectivity index is 1.65. The molecule has 4 rings (SSSR count). The minimum atomic E-state index is -0.182.